The second-order valence-electron chi connectivity index (χ2n) is 9.80. The number of benzene rings is 3. The van der Waals surface area contributed by atoms with Crippen LogP contribution in [0.15, 0.2) is 72.8 Å². The van der Waals surface area contributed by atoms with Crippen molar-refractivity contribution in [1.29, 1.82) is 0 Å². The normalized spacial score (nSPS) is 16.1. The van der Waals surface area contributed by atoms with Crippen LogP contribution in [0, 0.1) is 6.92 Å². The largest absolute Gasteiger partial charge is 0.395 e. The van der Waals surface area contributed by atoms with E-state index >= 15 is 0 Å². The van der Waals surface area contributed by atoms with E-state index in [1.165, 1.54) is 40.7 Å². The van der Waals surface area contributed by atoms with Gasteiger partial charge in [0, 0.05) is 12.6 Å². The van der Waals surface area contributed by atoms with Crippen molar-refractivity contribution in [3.8, 4) is 16.8 Å². The Balaban J connectivity index is 1.21. The molecule has 0 unspecified atom stereocenters. The van der Waals surface area contributed by atoms with Crippen LogP contribution in [-0.4, -0.2) is 49.9 Å². The minimum absolute atomic E-state index is 0.0219. The van der Waals surface area contributed by atoms with E-state index in [0.717, 1.165) is 31.6 Å². The molecule has 1 amide bonds. The number of piperidine rings is 1. The van der Waals surface area contributed by atoms with Gasteiger partial charge in [-0.05, 0) is 72.7 Å². The van der Waals surface area contributed by atoms with Gasteiger partial charge in [-0.25, -0.2) is 9.67 Å². The quantitative estimate of drug-likeness (QED) is 0.380. The average molecular weight is 496 g/mol. The molecule has 3 N–H and O–H groups in total. The van der Waals surface area contributed by atoms with Crippen molar-refractivity contribution in [3.05, 3.63) is 101 Å². The third-order valence-corrected chi connectivity index (χ3v) is 7.17. The summed E-state index contributed by atoms with van der Waals surface area (Å²) in [5.74, 6) is 0.00571. The van der Waals surface area contributed by atoms with E-state index in [4.69, 9.17) is 5.73 Å². The highest BCUT2D eigenvalue weighted by atomic mass is 16.3. The molecule has 5 rings (SSSR count). The molecule has 1 atom stereocenters. The van der Waals surface area contributed by atoms with Crippen LogP contribution in [0.3, 0.4) is 0 Å². The summed E-state index contributed by atoms with van der Waals surface area (Å²) in [5.41, 5.74) is 12.3. The van der Waals surface area contributed by atoms with E-state index in [1.54, 1.807) is 11.6 Å². The average Bonchev–Trinajstić information content (AvgIpc) is 3.32. The minimum atomic E-state index is -0.633. The first-order chi connectivity index (χ1) is 18.0. The zero-order valence-corrected chi connectivity index (χ0v) is 21.2. The van der Waals surface area contributed by atoms with E-state index in [9.17, 15) is 9.90 Å². The standard InChI is InChI=1S/C30H33N5O2/c1-21-32-30(29(31)37)33-35(21)27-15-9-23(10-16-27)18-22-5-11-25(12-6-22)26-13-7-24(8-14-26)19-34-17-3-2-4-28(34)20-36/h5-16,28,36H,2-4,17-20H2,1H3,(H2,31,37)/t28-/m1/s1. The van der Waals surface area contributed by atoms with Crippen LogP contribution < -0.4 is 5.73 Å². The lowest BCUT2D eigenvalue weighted by molar-refractivity contribution is 0.0841. The fourth-order valence-electron chi connectivity index (χ4n) is 5.06. The molecule has 1 aromatic heterocycles. The lowest BCUT2D eigenvalue weighted by atomic mass is 9.98. The van der Waals surface area contributed by atoms with Crippen LogP contribution in [0.5, 0.6) is 0 Å². The Hall–Kier alpha value is -3.81. The number of aliphatic hydroxyl groups is 1. The van der Waals surface area contributed by atoms with Crippen molar-refractivity contribution in [2.45, 2.75) is 45.2 Å². The molecule has 1 saturated heterocycles. The van der Waals surface area contributed by atoms with Gasteiger partial charge in [-0.2, -0.15) is 0 Å². The van der Waals surface area contributed by atoms with Gasteiger partial charge in [-0.1, -0.05) is 67.1 Å². The van der Waals surface area contributed by atoms with Crippen LogP contribution in [-0.2, 0) is 13.0 Å². The molecule has 190 valence electrons. The van der Waals surface area contributed by atoms with Gasteiger partial charge >= 0.3 is 0 Å². The molecule has 7 nitrogen and oxygen atoms in total. The van der Waals surface area contributed by atoms with Crippen LogP contribution in [0.4, 0.5) is 0 Å². The van der Waals surface area contributed by atoms with Crippen LogP contribution in [0.25, 0.3) is 16.8 Å². The number of primary amides is 1. The molecule has 0 bridgehead atoms. The second-order valence-corrected chi connectivity index (χ2v) is 9.80. The van der Waals surface area contributed by atoms with Gasteiger partial charge in [0.15, 0.2) is 0 Å². The number of carbonyl (C=O) groups is 1. The van der Waals surface area contributed by atoms with Crippen molar-refractivity contribution < 1.29 is 9.90 Å². The number of rotatable bonds is 8. The van der Waals surface area contributed by atoms with Gasteiger partial charge in [-0.15, -0.1) is 5.10 Å². The number of aryl methyl sites for hydroxylation is 1. The maximum absolute atomic E-state index is 11.4. The lowest BCUT2D eigenvalue weighted by Gasteiger charge is -2.34. The second kappa shape index (κ2) is 11.1. The van der Waals surface area contributed by atoms with E-state index in [0.29, 0.717) is 11.9 Å². The number of hydrogen-bond acceptors (Lipinski definition) is 5. The molecule has 2 heterocycles. The van der Waals surface area contributed by atoms with Gasteiger partial charge in [0.2, 0.25) is 5.82 Å². The molecule has 7 heteroatoms. The van der Waals surface area contributed by atoms with Gasteiger partial charge < -0.3 is 10.8 Å². The number of nitrogens with zero attached hydrogens (tertiary/aromatic N) is 4. The van der Waals surface area contributed by atoms with Crippen molar-refractivity contribution >= 4 is 5.91 Å². The molecule has 0 spiro atoms. The van der Waals surface area contributed by atoms with E-state index in [2.05, 4.69) is 75.6 Å². The Kier molecular flexibility index (Phi) is 7.44. The van der Waals surface area contributed by atoms with Gasteiger partial charge in [0.25, 0.3) is 5.91 Å². The number of nitrogens with two attached hydrogens (primary N) is 1. The summed E-state index contributed by atoms with van der Waals surface area (Å²) in [7, 11) is 0. The third-order valence-electron chi connectivity index (χ3n) is 7.17. The first kappa shape index (κ1) is 24.9. The summed E-state index contributed by atoms with van der Waals surface area (Å²) in [4.78, 5) is 17.9. The number of likely N-dealkylation sites (tertiary alicyclic amines) is 1. The topological polar surface area (TPSA) is 97.3 Å². The molecule has 1 aliphatic rings. The number of aliphatic hydroxyl groups excluding tert-OH is 1. The zero-order valence-electron chi connectivity index (χ0n) is 21.2. The molecule has 0 saturated carbocycles. The van der Waals surface area contributed by atoms with E-state index in [1.807, 2.05) is 12.1 Å². The summed E-state index contributed by atoms with van der Waals surface area (Å²) >= 11 is 0. The molecule has 0 radical (unpaired) electrons. The van der Waals surface area contributed by atoms with E-state index < -0.39 is 5.91 Å². The summed E-state index contributed by atoms with van der Waals surface area (Å²) in [5, 5.41) is 13.9. The molecular formula is C30H33N5O2. The highest BCUT2D eigenvalue weighted by Crippen LogP contribution is 2.24. The SMILES string of the molecule is Cc1nc(C(N)=O)nn1-c1ccc(Cc2ccc(-c3ccc(CN4CCCC[C@@H]4CO)cc3)cc2)cc1. The predicted octanol–water partition coefficient (Wildman–Crippen LogP) is 4.28. The highest BCUT2D eigenvalue weighted by Gasteiger charge is 2.21. The van der Waals surface area contributed by atoms with Crippen molar-refractivity contribution in [3.63, 3.8) is 0 Å². The predicted molar refractivity (Wildman–Crippen MR) is 144 cm³/mol. The summed E-state index contributed by atoms with van der Waals surface area (Å²) in [6, 6.07) is 25.9. The van der Waals surface area contributed by atoms with E-state index in [-0.39, 0.29) is 12.4 Å². The smallest absolute Gasteiger partial charge is 0.288 e. The molecule has 1 aliphatic heterocycles. The van der Waals surface area contributed by atoms with Gasteiger partial charge in [0.05, 0.1) is 12.3 Å². The zero-order chi connectivity index (χ0) is 25.8. The van der Waals surface area contributed by atoms with Gasteiger partial charge in [-0.3, -0.25) is 9.69 Å². The number of hydrogen-bond donors (Lipinski definition) is 2. The summed E-state index contributed by atoms with van der Waals surface area (Å²) in [6.07, 6.45) is 4.34. The number of carbonyl (C=O) groups excluding carboxylic acids is 1. The Morgan fingerprint density at radius 3 is 2.08 bits per heavy atom. The van der Waals surface area contributed by atoms with Crippen molar-refractivity contribution in [2.75, 3.05) is 13.2 Å². The number of amides is 1. The lowest BCUT2D eigenvalue weighted by Crippen LogP contribution is -2.41. The van der Waals surface area contributed by atoms with Crippen molar-refractivity contribution in [1.82, 2.24) is 19.7 Å². The third kappa shape index (κ3) is 5.79. The highest BCUT2D eigenvalue weighted by molar-refractivity contribution is 5.88. The maximum Gasteiger partial charge on any atom is 0.288 e. The van der Waals surface area contributed by atoms with Crippen LogP contribution in [0.1, 0.15) is 52.4 Å². The summed E-state index contributed by atoms with van der Waals surface area (Å²) in [6.45, 7) is 4.00. The van der Waals surface area contributed by atoms with Crippen molar-refractivity contribution in [2.24, 2.45) is 5.73 Å². The molecule has 0 aliphatic carbocycles. The molecule has 4 aromatic rings. The fourth-order valence-corrected chi connectivity index (χ4v) is 5.06. The Labute approximate surface area is 217 Å². The minimum Gasteiger partial charge on any atom is -0.395 e. The Morgan fingerprint density at radius 1 is 0.919 bits per heavy atom. The molecule has 1 fully saturated rings. The monoisotopic (exact) mass is 495 g/mol. The fraction of sp³-hybridized carbons (Fsp3) is 0.300. The Bertz CT molecular complexity index is 1340. The molecule has 3 aromatic carbocycles. The molecular weight excluding hydrogens is 462 g/mol. The van der Waals surface area contributed by atoms with Crippen LogP contribution >= 0.6 is 0 Å². The number of aromatic nitrogens is 3. The first-order valence-corrected chi connectivity index (χ1v) is 12.9. The molecule has 37 heavy (non-hydrogen) atoms. The maximum atomic E-state index is 11.4. The summed E-state index contributed by atoms with van der Waals surface area (Å²) < 4.78 is 1.63. The van der Waals surface area contributed by atoms with Gasteiger partial charge in [0.1, 0.15) is 5.82 Å². The van der Waals surface area contributed by atoms with Crippen LogP contribution in [0.2, 0.25) is 0 Å². The Morgan fingerprint density at radius 2 is 1.51 bits per heavy atom. The first-order valence-electron chi connectivity index (χ1n) is 12.9.